The molecule has 0 unspecified atom stereocenters. The largest absolute Gasteiger partial charge is 0.469 e. The highest BCUT2D eigenvalue weighted by Crippen LogP contribution is 2.33. The summed E-state index contributed by atoms with van der Waals surface area (Å²) in [6, 6.07) is 9.16. The van der Waals surface area contributed by atoms with Gasteiger partial charge in [-0.2, -0.15) is 0 Å². The van der Waals surface area contributed by atoms with Gasteiger partial charge in [0, 0.05) is 17.5 Å². The lowest BCUT2D eigenvalue weighted by Gasteiger charge is -2.23. The van der Waals surface area contributed by atoms with Gasteiger partial charge in [-0.25, -0.2) is 4.39 Å². The number of carbonyl (C=O) groups is 3. The van der Waals surface area contributed by atoms with Crippen molar-refractivity contribution in [2.45, 2.75) is 20.3 Å². The quantitative estimate of drug-likeness (QED) is 0.738. The van der Waals surface area contributed by atoms with Crippen LogP contribution < -0.4 is 15.5 Å². The predicted octanol–water partition coefficient (Wildman–Crippen LogP) is 3.29. The number of anilines is 3. The maximum Gasteiger partial charge on any atom is 0.311 e. The van der Waals surface area contributed by atoms with E-state index in [1.165, 1.54) is 36.3 Å². The number of benzene rings is 2. The standard InChI is InChI=1S/C22H22FN3O4/c1-13-7-18-19(8-14(13)2)26(21(28)10-17(24-18)11-22(29)30-3)12-20(27)25-16-6-4-5-15(23)9-16/h4-10,24H,11-12H2,1-3H3,(H,25,27). The average Bonchev–Trinajstić information content (AvgIpc) is 2.79. The molecular weight excluding hydrogens is 389 g/mol. The highest BCUT2D eigenvalue weighted by atomic mass is 19.1. The minimum Gasteiger partial charge on any atom is -0.469 e. The monoisotopic (exact) mass is 411 g/mol. The zero-order valence-corrected chi connectivity index (χ0v) is 16.9. The molecule has 156 valence electrons. The van der Waals surface area contributed by atoms with Crippen LogP contribution >= 0.6 is 0 Å². The van der Waals surface area contributed by atoms with Crippen molar-refractivity contribution in [3.63, 3.8) is 0 Å². The third-order valence-corrected chi connectivity index (χ3v) is 4.73. The summed E-state index contributed by atoms with van der Waals surface area (Å²) in [6.45, 7) is 3.54. The highest BCUT2D eigenvalue weighted by Gasteiger charge is 2.26. The first-order chi connectivity index (χ1) is 14.3. The summed E-state index contributed by atoms with van der Waals surface area (Å²) in [5, 5.41) is 5.69. The molecule has 0 aliphatic carbocycles. The van der Waals surface area contributed by atoms with E-state index in [-0.39, 0.29) is 13.0 Å². The van der Waals surface area contributed by atoms with Crippen LogP contribution in [0.15, 0.2) is 48.2 Å². The number of hydrogen-bond acceptors (Lipinski definition) is 5. The molecule has 2 aromatic rings. The molecule has 0 saturated heterocycles. The number of esters is 1. The molecular formula is C22H22FN3O4. The van der Waals surface area contributed by atoms with Gasteiger partial charge in [-0.05, 0) is 55.3 Å². The molecule has 1 heterocycles. The van der Waals surface area contributed by atoms with Crippen LogP contribution in [-0.4, -0.2) is 31.4 Å². The number of amides is 2. The van der Waals surface area contributed by atoms with E-state index in [2.05, 4.69) is 15.4 Å². The second-order valence-corrected chi connectivity index (χ2v) is 6.98. The van der Waals surface area contributed by atoms with Gasteiger partial charge < -0.3 is 15.4 Å². The van der Waals surface area contributed by atoms with Gasteiger partial charge in [-0.15, -0.1) is 0 Å². The van der Waals surface area contributed by atoms with Crippen LogP contribution in [0.5, 0.6) is 0 Å². The Balaban J connectivity index is 1.92. The molecule has 8 heteroatoms. The van der Waals surface area contributed by atoms with E-state index in [4.69, 9.17) is 0 Å². The van der Waals surface area contributed by atoms with E-state index >= 15 is 0 Å². The summed E-state index contributed by atoms with van der Waals surface area (Å²) in [5.74, 6) is -1.92. The average molecular weight is 411 g/mol. The number of nitrogens with zero attached hydrogens (tertiary/aromatic N) is 1. The Morgan fingerprint density at radius 2 is 1.90 bits per heavy atom. The minimum absolute atomic E-state index is 0.113. The molecule has 1 aliphatic rings. The van der Waals surface area contributed by atoms with Crippen molar-refractivity contribution < 1.29 is 23.5 Å². The van der Waals surface area contributed by atoms with E-state index < -0.39 is 23.6 Å². The van der Waals surface area contributed by atoms with Gasteiger partial charge in [-0.1, -0.05) is 6.07 Å². The van der Waals surface area contributed by atoms with Crippen molar-refractivity contribution >= 4 is 34.8 Å². The molecule has 0 atom stereocenters. The summed E-state index contributed by atoms with van der Waals surface area (Å²) in [4.78, 5) is 38.5. The van der Waals surface area contributed by atoms with E-state index in [0.29, 0.717) is 22.8 Å². The second-order valence-electron chi connectivity index (χ2n) is 6.98. The first-order valence-corrected chi connectivity index (χ1v) is 9.29. The number of carbonyl (C=O) groups excluding carboxylic acids is 3. The van der Waals surface area contributed by atoms with Gasteiger partial charge in [0.1, 0.15) is 12.4 Å². The third kappa shape index (κ3) is 4.83. The van der Waals surface area contributed by atoms with Crippen LogP contribution in [0.2, 0.25) is 0 Å². The molecule has 0 aromatic heterocycles. The van der Waals surface area contributed by atoms with Crippen molar-refractivity contribution in [1.82, 2.24) is 0 Å². The molecule has 0 saturated carbocycles. The lowest BCUT2D eigenvalue weighted by molar-refractivity contribution is -0.139. The summed E-state index contributed by atoms with van der Waals surface area (Å²) in [7, 11) is 1.27. The number of methoxy groups -OCH3 is 1. The molecule has 2 amide bonds. The summed E-state index contributed by atoms with van der Waals surface area (Å²) < 4.78 is 18.1. The number of rotatable bonds is 5. The van der Waals surface area contributed by atoms with Gasteiger partial charge in [0.25, 0.3) is 5.91 Å². The van der Waals surface area contributed by atoms with Crippen molar-refractivity contribution in [3.8, 4) is 0 Å². The molecule has 3 rings (SSSR count). The van der Waals surface area contributed by atoms with Gasteiger partial charge in [0.2, 0.25) is 5.91 Å². The lowest BCUT2D eigenvalue weighted by atomic mass is 10.1. The van der Waals surface area contributed by atoms with Gasteiger partial charge >= 0.3 is 5.97 Å². The van der Waals surface area contributed by atoms with Crippen LogP contribution in [0.1, 0.15) is 17.5 Å². The smallest absolute Gasteiger partial charge is 0.311 e. The van der Waals surface area contributed by atoms with Crippen LogP contribution in [0.4, 0.5) is 21.5 Å². The van der Waals surface area contributed by atoms with Crippen molar-refractivity contribution in [1.29, 1.82) is 0 Å². The summed E-state index contributed by atoms with van der Waals surface area (Å²) in [6.07, 6.45) is 1.16. The Labute approximate surface area is 173 Å². The van der Waals surface area contributed by atoms with E-state index in [1.54, 1.807) is 12.1 Å². The highest BCUT2D eigenvalue weighted by molar-refractivity contribution is 6.10. The van der Waals surface area contributed by atoms with Gasteiger partial charge in [0.15, 0.2) is 0 Å². The van der Waals surface area contributed by atoms with E-state index in [9.17, 15) is 18.8 Å². The molecule has 2 N–H and O–H groups in total. The maximum atomic E-state index is 13.4. The van der Waals surface area contributed by atoms with Crippen LogP contribution in [0.3, 0.4) is 0 Å². The van der Waals surface area contributed by atoms with Crippen LogP contribution in [-0.2, 0) is 19.1 Å². The van der Waals surface area contributed by atoms with Gasteiger partial charge in [-0.3, -0.25) is 19.3 Å². The maximum absolute atomic E-state index is 13.4. The zero-order chi connectivity index (χ0) is 21.8. The number of hydrogen-bond donors (Lipinski definition) is 2. The SMILES string of the molecule is COC(=O)CC1=CC(=O)N(CC(=O)Nc2cccc(F)c2)c2cc(C)c(C)cc2N1. The number of aryl methyl sites for hydroxylation is 2. The van der Waals surface area contributed by atoms with Crippen molar-refractivity contribution in [2.75, 3.05) is 29.2 Å². The van der Waals surface area contributed by atoms with Crippen molar-refractivity contribution in [2.24, 2.45) is 0 Å². The minimum atomic E-state index is -0.496. The van der Waals surface area contributed by atoms with Crippen molar-refractivity contribution in [3.05, 3.63) is 65.1 Å². The molecule has 1 aliphatic heterocycles. The second kappa shape index (κ2) is 8.77. The third-order valence-electron chi connectivity index (χ3n) is 4.73. The fourth-order valence-electron chi connectivity index (χ4n) is 3.08. The zero-order valence-electron chi connectivity index (χ0n) is 16.9. The summed E-state index contributed by atoms with van der Waals surface area (Å²) >= 11 is 0. The number of ether oxygens (including phenoxy) is 1. The Morgan fingerprint density at radius 3 is 2.60 bits per heavy atom. The van der Waals surface area contributed by atoms with E-state index in [1.807, 2.05) is 19.9 Å². The fourth-order valence-corrected chi connectivity index (χ4v) is 3.08. The normalized spacial score (nSPS) is 13.0. The Morgan fingerprint density at radius 1 is 1.17 bits per heavy atom. The summed E-state index contributed by atoms with van der Waals surface area (Å²) in [5.41, 5.74) is 3.69. The van der Waals surface area contributed by atoms with Crippen LogP contribution in [0, 0.1) is 19.7 Å². The molecule has 0 spiro atoms. The number of halogens is 1. The lowest BCUT2D eigenvalue weighted by Crippen LogP contribution is -2.37. The number of fused-ring (bicyclic) bond motifs is 1. The Bertz CT molecular complexity index is 1050. The molecule has 30 heavy (non-hydrogen) atoms. The van der Waals surface area contributed by atoms with Crippen LogP contribution in [0.25, 0.3) is 0 Å². The topological polar surface area (TPSA) is 87.7 Å². The predicted molar refractivity (Wildman–Crippen MR) is 112 cm³/mol. The Kier molecular flexibility index (Phi) is 6.15. The molecule has 0 radical (unpaired) electrons. The molecule has 7 nitrogen and oxygen atoms in total. The molecule has 0 fully saturated rings. The first kappa shape index (κ1) is 21.0. The Hall–Kier alpha value is -3.68. The number of nitrogens with one attached hydrogen (secondary N) is 2. The van der Waals surface area contributed by atoms with E-state index in [0.717, 1.165) is 11.1 Å². The molecule has 0 bridgehead atoms. The fraction of sp³-hybridized carbons (Fsp3) is 0.227. The van der Waals surface area contributed by atoms with Gasteiger partial charge in [0.05, 0.1) is 24.9 Å². The molecule has 2 aromatic carbocycles. The first-order valence-electron chi connectivity index (χ1n) is 9.29.